The number of nitrogens with one attached hydrogen (secondary N) is 2. The van der Waals surface area contributed by atoms with Crippen molar-refractivity contribution in [3.05, 3.63) is 24.3 Å². The third kappa shape index (κ3) is 6.67. The molecule has 24 heavy (non-hydrogen) atoms. The van der Waals surface area contributed by atoms with E-state index in [9.17, 15) is 4.79 Å². The molecule has 0 radical (unpaired) electrons. The van der Waals surface area contributed by atoms with Gasteiger partial charge in [0.05, 0.1) is 19.3 Å². The Balaban J connectivity index is 0.00000288. The van der Waals surface area contributed by atoms with Gasteiger partial charge in [0.25, 0.3) is 0 Å². The number of hydrogen-bond donors (Lipinski definition) is 2. The first-order valence-electron chi connectivity index (χ1n) is 8.59. The third-order valence-electron chi connectivity index (χ3n) is 4.20. The zero-order valence-corrected chi connectivity index (χ0v) is 15.5. The first kappa shape index (κ1) is 20.7. The number of benzene rings is 1. The maximum absolute atomic E-state index is 12.4. The molecule has 1 aromatic carbocycles. The van der Waals surface area contributed by atoms with Gasteiger partial charge in [0.15, 0.2) is 0 Å². The molecule has 1 aliphatic rings. The van der Waals surface area contributed by atoms with Gasteiger partial charge in [0.1, 0.15) is 5.75 Å². The molecule has 1 aromatic rings. The van der Waals surface area contributed by atoms with E-state index in [2.05, 4.69) is 22.5 Å². The Morgan fingerprint density at radius 1 is 1.42 bits per heavy atom. The normalized spacial score (nSPS) is 17.2. The molecule has 5 nitrogen and oxygen atoms in total. The maximum atomic E-state index is 12.4. The van der Waals surface area contributed by atoms with E-state index in [1.807, 2.05) is 24.3 Å². The van der Waals surface area contributed by atoms with E-state index in [0.717, 1.165) is 38.3 Å². The molecule has 1 aliphatic heterocycles. The molecule has 1 heterocycles. The molecule has 0 bridgehead atoms. The Morgan fingerprint density at radius 3 is 2.88 bits per heavy atom. The highest BCUT2D eigenvalue weighted by molar-refractivity contribution is 5.93. The van der Waals surface area contributed by atoms with Gasteiger partial charge in [-0.15, -0.1) is 12.4 Å². The van der Waals surface area contributed by atoms with E-state index < -0.39 is 0 Å². The van der Waals surface area contributed by atoms with Crippen LogP contribution in [-0.4, -0.2) is 50.6 Å². The minimum atomic E-state index is 0. The minimum absolute atomic E-state index is 0. The van der Waals surface area contributed by atoms with Crippen LogP contribution in [-0.2, 0) is 4.79 Å². The average Bonchev–Trinajstić information content (AvgIpc) is 2.56. The summed E-state index contributed by atoms with van der Waals surface area (Å²) in [6, 6.07) is 7.52. The number of amides is 1. The van der Waals surface area contributed by atoms with Crippen molar-refractivity contribution in [2.75, 3.05) is 45.2 Å². The van der Waals surface area contributed by atoms with E-state index in [0.29, 0.717) is 18.2 Å². The van der Waals surface area contributed by atoms with Gasteiger partial charge in [-0.2, -0.15) is 0 Å². The molecule has 0 spiro atoms. The van der Waals surface area contributed by atoms with Crippen LogP contribution in [0.2, 0.25) is 0 Å². The lowest BCUT2D eigenvalue weighted by atomic mass is 9.99. The van der Waals surface area contributed by atoms with Gasteiger partial charge >= 0.3 is 0 Å². The number of carbonyl (C=O) groups excluding carboxylic acids is 1. The van der Waals surface area contributed by atoms with Crippen molar-refractivity contribution in [3.8, 4) is 5.75 Å². The minimum Gasteiger partial charge on any atom is -0.495 e. The molecule has 1 atom stereocenters. The summed E-state index contributed by atoms with van der Waals surface area (Å²) in [6.07, 6.45) is 3.54. The van der Waals surface area contributed by atoms with Gasteiger partial charge in [0, 0.05) is 6.54 Å². The lowest BCUT2D eigenvalue weighted by molar-refractivity contribution is -0.117. The predicted molar refractivity (Wildman–Crippen MR) is 101 cm³/mol. The number of methoxy groups -OCH3 is 1. The summed E-state index contributed by atoms with van der Waals surface area (Å²) in [5.74, 6) is 1.36. The molecule has 136 valence electrons. The molecule has 1 saturated heterocycles. The molecular formula is C18H30ClN3O2. The number of piperidine rings is 1. The van der Waals surface area contributed by atoms with Gasteiger partial charge in [-0.3, -0.25) is 9.69 Å². The van der Waals surface area contributed by atoms with Crippen molar-refractivity contribution in [1.82, 2.24) is 10.2 Å². The Bertz CT molecular complexity index is 493. The van der Waals surface area contributed by atoms with E-state index in [1.54, 1.807) is 7.11 Å². The summed E-state index contributed by atoms with van der Waals surface area (Å²) in [4.78, 5) is 14.6. The zero-order chi connectivity index (χ0) is 16.5. The van der Waals surface area contributed by atoms with E-state index in [1.165, 1.54) is 12.8 Å². The van der Waals surface area contributed by atoms with Gasteiger partial charge in [-0.1, -0.05) is 19.1 Å². The van der Waals surface area contributed by atoms with Crippen LogP contribution in [0.4, 0.5) is 5.69 Å². The smallest absolute Gasteiger partial charge is 0.238 e. The van der Waals surface area contributed by atoms with Crippen LogP contribution in [0.15, 0.2) is 24.3 Å². The number of para-hydroxylation sites is 2. The fourth-order valence-electron chi connectivity index (χ4n) is 3.14. The predicted octanol–water partition coefficient (Wildman–Crippen LogP) is 2.77. The van der Waals surface area contributed by atoms with Crippen molar-refractivity contribution in [2.24, 2.45) is 5.92 Å². The molecular weight excluding hydrogens is 326 g/mol. The number of hydrogen-bond acceptors (Lipinski definition) is 4. The van der Waals surface area contributed by atoms with Crippen molar-refractivity contribution in [2.45, 2.75) is 26.2 Å². The Labute approximate surface area is 151 Å². The monoisotopic (exact) mass is 355 g/mol. The lowest BCUT2D eigenvalue weighted by Gasteiger charge is -2.29. The van der Waals surface area contributed by atoms with Crippen LogP contribution >= 0.6 is 12.4 Å². The van der Waals surface area contributed by atoms with Crippen molar-refractivity contribution in [3.63, 3.8) is 0 Å². The zero-order valence-electron chi connectivity index (χ0n) is 14.7. The summed E-state index contributed by atoms with van der Waals surface area (Å²) in [7, 11) is 1.62. The van der Waals surface area contributed by atoms with Gasteiger partial charge in [0.2, 0.25) is 5.91 Å². The highest BCUT2D eigenvalue weighted by Crippen LogP contribution is 2.23. The fraction of sp³-hybridized carbons (Fsp3) is 0.611. The second-order valence-corrected chi connectivity index (χ2v) is 6.20. The first-order valence-corrected chi connectivity index (χ1v) is 8.59. The second-order valence-electron chi connectivity index (χ2n) is 6.20. The van der Waals surface area contributed by atoms with Crippen LogP contribution in [0.1, 0.15) is 26.2 Å². The number of anilines is 1. The number of nitrogens with zero attached hydrogens (tertiary/aromatic N) is 1. The lowest BCUT2D eigenvalue weighted by Crippen LogP contribution is -2.41. The summed E-state index contributed by atoms with van der Waals surface area (Å²) in [6.45, 7) is 6.72. The molecule has 1 amide bonds. The van der Waals surface area contributed by atoms with Gasteiger partial charge in [-0.05, 0) is 56.9 Å². The molecule has 0 aromatic heterocycles. The third-order valence-corrected chi connectivity index (χ3v) is 4.20. The highest BCUT2D eigenvalue weighted by atomic mass is 35.5. The van der Waals surface area contributed by atoms with E-state index in [-0.39, 0.29) is 18.3 Å². The highest BCUT2D eigenvalue weighted by Gasteiger charge is 2.19. The van der Waals surface area contributed by atoms with Crippen molar-refractivity contribution < 1.29 is 9.53 Å². The summed E-state index contributed by atoms with van der Waals surface area (Å²) >= 11 is 0. The standard InChI is InChI=1S/C18H29N3O2.ClH/c1-3-11-21(13-15-7-6-10-19-12-15)14-18(22)20-16-8-4-5-9-17(16)23-2;/h4-5,8-9,15,19H,3,6-7,10-14H2,1-2H3,(H,20,22);1H. The number of rotatable bonds is 8. The summed E-state index contributed by atoms with van der Waals surface area (Å²) in [5, 5.41) is 6.41. The molecule has 2 N–H and O–H groups in total. The molecule has 2 rings (SSSR count). The van der Waals surface area contributed by atoms with Gasteiger partial charge in [-0.25, -0.2) is 0 Å². The first-order chi connectivity index (χ1) is 11.2. The number of halogens is 1. The van der Waals surface area contributed by atoms with E-state index >= 15 is 0 Å². The molecule has 6 heteroatoms. The summed E-state index contributed by atoms with van der Waals surface area (Å²) in [5.41, 5.74) is 0.732. The van der Waals surface area contributed by atoms with Crippen LogP contribution in [0, 0.1) is 5.92 Å². The molecule has 0 aliphatic carbocycles. The molecule has 0 saturated carbocycles. The van der Waals surface area contributed by atoms with Crippen LogP contribution in [0.25, 0.3) is 0 Å². The van der Waals surface area contributed by atoms with E-state index in [4.69, 9.17) is 4.74 Å². The largest absolute Gasteiger partial charge is 0.495 e. The Kier molecular flexibility index (Phi) is 9.76. The Hall–Kier alpha value is -1.30. The average molecular weight is 356 g/mol. The maximum Gasteiger partial charge on any atom is 0.238 e. The number of ether oxygens (including phenoxy) is 1. The number of carbonyl (C=O) groups is 1. The molecule has 1 fully saturated rings. The Morgan fingerprint density at radius 2 is 2.21 bits per heavy atom. The van der Waals surface area contributed by atoms with Crippen LogP contribution in [0.5, 0.6) is 5.75 Å². The summed E-state index contributed by atoms with van der Waals surface area (Å²) < 4.78 is 5.28. The topological polar surface area (TPSA) is 53.6 Å². The molecule has 1 unspecified atom stereocenters. The van der Waals surface area contributed by atoms with Gasteiger partial charge < -0.3 is 15.4 Å². The second kappa shape index (κ2) is 11.3. The van der Waals surface area contributed by atoms with Crippen molar-refractivity contribution in [1.29, 1.82) is 0 Å². The van der Waals surface area contributed by atoms with Crippen LogP contribution < -0.4 is 15.4 Å². The van der Waals surface area contributed by atoms with Crippen LogP contribution in [0.3, 0.4) is 0 Å². The SMILES string of the molecule is CCCN(CC(=O)Nc1ccccc1OC)CC1CCCNC1.Cl. The fourth-order valence-corrected chi connectivity index (χ4v) is 3.14. The van der Waals surface area contributed by atoms with Crippen molar-refractivity contribution >= 4 is 24.0 Å². The quantitative estimate of drug-likeness (QED) is 0.753.